The molecule has 1 aromatic heterocycles. The monoisotopic (exact) mass is 359 g/mol. The normalized spacial score (nSPS) is 26.0. The van der Waals surface area contributed by atoms with E-state index in [1.807, 2.05) is 0 Å². The number of hydrogen-bond acceptors (Lipinski definition) is 4. The van der Waals surface area contributed by atoms with Crippen LogP contribution in [0.5, 0.6) is 5.88 Å². The molecule has 25 heavy (non-hydrogen) atoms. The molecule has 2 heterocycles. The van der Waals surface area contributed by atoms with Crippen LogP contribution in [0.25, 0.3) is 0 Å². The number of aliphatic carboxylic acids is 1. The van der Waals surface area contributed by atoms with E-state index in [-0.39, 0.29) is 25.3 Å². The molecule has 0 spiro atoms. The quantitative estimate of drug-likeness (QED) is 0.812. The van der Waals surface area contributed by atoms with Gasteiger partial charge in [0.1, 0.15) is 0 Å². The molecule has 3 rings (SSSR count). The number of aliphatic imine (C=N–C) groups is 1. The van der Waals surface area contributed by atoms with Gasteiger partial charge >= 0.3 is 12.1 Å². The third-order valence-corrected chi connectivity index (χ3v) is 4.48. The molecule has 1 aliphatic carbocycles. The number of aromatic nitrogens is 2. The first-order valence-corrected chi connectivity index (χ1v) is 7.67. The van der Waals surface area contributed by atoms with Crippen LogP contribution in [-0.2, 0) is 10.3 Å². The Bertz CT molecular complexity index is 787. The maximum Gasteiger partial charge on any atom is 0.394 e. The Morgan fingerprint density at radius 3 is 2.80 bits per heavy atom. The summed E-state index contributed by atoms with van der Waals surface area (Å²) in [7, 11) is 0. The summed E-state index contributed by atoms with van der Waals surface area (Å²) in [5.41, 5.74) is -3.50. The SMILES string of the molecule is [2H]C([2H])(COc1ccn(C2(C(=O)O)C=CC=NC2)n1)CC1(C(F)(F)F)CC1. The smallest absolute Gasteiger partial charge is 0.394 e. The molecule has 1 atom stereocenters. The number of dihydropyridines is 1. The number of rotatable bonds is 7. The summed E-state index contributed by atoms with van der Waals surface area (Å²) in [6, 6.07) is 1.34. The number of ether oxygens (including phenoxy) is 1. The second-order valence-electron chi connectivity index (χ2n) is 6.17. The van der Waals surface area contributed by atoms with E-state index in [0.717, 1.165) is 4.68 Å². The van der Waals surface area contributed by atoms with Gasteiger partial charge < -0.3 is 9.84 Å². The molecule has 0 bridgehead atoms. The lowest BCUT2D eigenvalue weighted by molar-refractivity contribution is -0.189. The first kappa shape index (κ1) is 15.0. The summed E-state index contributed by atoms with van der Waals surface area (Å²) < 4.78 is 61.1. The van der Waals surface area contributed by atoms with Crippen molar-refractivity contribution in [1.82, 2.24) is 9.78 Å². The van der Waals surface area contributed by atoms with E-state index in [1.165, 1.54) is 30.6 Å². The van der Waals surface area contributed by atoms with E-state index in [2.05, 4.69) is 10.1 Å². The maximum atomic E-state index is 13.0. The van der Waals surface area contributed by atoms with Gasteiger partial charge in [0.25, 0.3) is 0 Å². The zero-order chi connectivity index (χ0) is 19.9. The van der Waals surface area contributed by atoms with Gasteiger partial charge in [0.2, 0.25) is 5.88 Å². The number of halogens is 3. The molecular formula is C16H18F3N3O3. The molecule has 1 aliphatic heterocycles. The second-order valence-corrected chi connectivity index (χ2v) is 6.17. The van der Waals surface area contributed by atoms with E-state index in [1.54, 1.807) is 0 Å². The molecule has 1 fully saturated rings. The molecule has 0 amide bonds. The zero-order valence-electron chi connectivity index (χ0n) is 15.2. The highest BCUT2D eigenvalue weighted by Gasteiger charge is 2.62. The van der Waals surface area contributed by atoms with Gasteiger partial charge in [0.05, 0.1) is 18.6 Å². The number of alkyl halides is 3. The summed E-state index contributed by atoms with van der Waals surface area (Å²) in [5.74, 6) is -1.25. The van der Waals surface area contributed by atoms with Crippen LogP contribution in [0.3, 0.4) is 0 Å². The van der Waals surface area contributed by atoms with E-state index in [9.17, 15) is 23.1 Å². The second kappa shape index (κ2) is 6.20. The Balaban J connectivity index is 1.67. The van der Waals surface area contributed by atoms with Crippen LogP contribution in [0.4, 0.5) is 13.2 Å². The Labute approximate surface area is 144 Å². The standard InChI is InChI=1S/C16H18F3N3O3/c17-16(18,19)14(6-7-14)4-2-10-25-12-3-9-22(21-12)15(13(23)24)5-1-8-20-11-15/h1,3,5,8-9H,2,4,6-7,10-11H2,(H,23,24)/i2D2. The molecule has 1 unspecified atom stereocenters. The number of nitrogens with zero attached hydrogens (tertiary/aromatic N) is 3. The van der Waals surface area contributed by atoms with Crippen molar-refractivity contribution in [2.24, 2.45) is 10.4 Å². The average molecular weight is 359 g/mol. The van der Waals surface area contributed by atoms with Crippen molar-refractivity contribution in [2.75, 3.05) is 13.2 Å². The fourth-order valence-corrected chi connectivity index (χ4v) is 2.63. The third kappa shape index (κ3) is 3.27. The fourth-order valence-electron chi connectivity index (χ4n) is 2.63. The van der Waals surface area contributed by atoms with Gasteiger partial charge in [-0.15, -0.1) is 5.10 Å². The molecule has 0 aromatic carbocycles. The summed E-state index contributed by atoms with van der Waals surface area (Å²) in [5, 5.41) is 13.5. The molecule has 1 N–H and O–H groups in total. The summed E-state index contributed by atoms with van der Waals surface area (Å²) in [4.78, 5) is 15.6. The van der Waals surface area contributed by atoms with Crippen LogP contribution in [0.1, 0.15) is 28.4 Å². The van der Waals surface area contributed by atoms with E-state index in [0.29, 0.717) is 0 Å². The molecule has 1 saturated carbocycles. The number of hydrogen-bond donors (Lipinski definition) is 1. The molecule has 2 aliphatic rings. The molecule has 136 valence electrons. The van der Waals surface area contributed by atoms with Crippen LogP contribution in [0.15, 0.2) is 29.4 Å². The van der Waals surface area contributed by atoms with Crippen LogP contribution in [0.2, 0.25) is 0 Å². The lowest BCUT2D eigenvalue weighted by atomic mass is 9.98. The minimum Gasteiger partial charge on any atom is -0.479 e. The number of carboxylic acid groups (broad SMARTS) is 1. The van der Waals surface area contributed by atoms with Crippen LogP contribution in [0, 0.1) is 5.41 Å². The fraction of sp³-hybridized carbons (Fsp3) is 0.562. The van der Waals surface area contributed by atoms with Gasteiger partial charge in [0.15, 0.2) is 5.54 Å². The molecule has 1 aromatic rings. The van der Waals surface area contributed by atoms with Crippen molar-refractivity contribution in [3.8, 4) is 5.88 Å². The number of carbonyl (C=O) groups is 1. The van der Waals surface area contributed by atoms with Crippen molar-refractivity contribution >= 4 is 12.2 Å². The van der Waals surface area contributed by atoms with Crippen LogP contribution in [-0.4, -0.2) is 46.4 Å². The van der Waals surface area contributed by atoms with Crippen molar-refractivity contribution in [3.63, 3.8) is 0 Å². The van der Waals surface area contributed by atoms with Crippen molar-refractivity contribution in [3.05, 3.63) is 24.4 Å². The highest BCUT2D eigenvalue weighted by Crippen LogP contribution is 2.60. The molecule has 0 saturated heterocycles. The van der Waals surface area contributed by atoms with Gasteiger partial charge in [-0.1, -0.05) is 0 Å². The average Bonchev–Trinajstić information content (AvgIpc) is 3.20. The summed E-state index contributed by atoms with van der Waals surface area (Å²) in [6.07, 6.45) is -1.78. The van der Waals surface area contributed by atoms with E-state index in [4.69, 9.17) is 7.48 Å². The highest BCUT2D eigenvalue weighted by molar-refractivity contribution is 5.84. The van der Waals surface area contributed by atoms with Crippen molar-refractivity contribution < 1.29 is 30.6 Å². The van der Waals surface area contributed by atoms with Crippen LogP contribution >= 0.6 is 0 Å². The van der Waals surface area contributed by atoms with Crippen molar-refractivity contribution in [2.45, 2.75) is 37.4 Å². The Morgan fingerprint density at radius 1 is 1.48 bits per heavy atom. The van der Waals surface area contributed by atoms with Gasteiger partial charge in [-0.05, 0) is 37.8 Å². The molecule has 9 heteroatoms. The first-order valence-electron chi connectivity index (χ1n) is 8.67. The largest absolute Gasteiger partial charge is 0.479 e. The molecule has 0 radical (unpaired) electrons. The number of allylic oxidation sites excluding steroid dienone is 1. The highest BCUT2D eigenvalue weighted by atomic mass is 19.4. The first-order chi connectivity index (χ1) is 12.5. The molecule has 6 nitrogen and oxygen atoms in total. The topological polar surface area (TPSA) is 76.7 Å². The van der Waals surface area contributed by atoms with Crippen molar-refractivity contribution in [1.29, 1.82) is 0 Å². The third-order valence-electron chi connectivity index (χ3n) is 4.48. The van der Waals surface area contributed by atoms with Gasteiger partial charge in [-0.25, -0.2) is 9.48 Å². The predicted octanol–water partition coefficient (Wildman–Crippen LogP) is 2.81. The summed E-state index contributed by atoms with van der Waals surface area (Å²) in [6.45, 7) is -0.690. The van der Waals surface area contributed by atoms with E-state index < -0.39 is 42.5 Å². The minimum atomic E-state index is -4.44. The van der Waals surface area contributed by atoms with E-state index >= 15 is 0 Å². The molecular weight excluding hydrogens is 339 g/mol. The van der Waals surface area contributed by atoms with Gasteiger partial charge in [-0.2, -0.15) is 13.2 Å². The minimum absolute atomic E-state index is 0.0701. The Morgan fingerprint density at radius 2 is 2.24 bits per heavy atom. The lowest BCUT2D eigenvalue weighted by Crippen LogP contribution is -2.44. The van der Waals surface area contributed by atoms with Gasteiger partial charge in [0, 0.05) is 21.2 Å². The zero-order valence-corrected chi connectivity index (χ0v) is 13.2. The predicted molar refractivity (Wildman–Crippen MR) is 82.8 cm³/mol. The van der Waals surface area contributed by atoms with Gasteiger partial charge in [-0.3, -0.25) is 4.99 Å². The summed E-state index contributed by atoms with van der Waals surface area (Å²) >= 11 is 0. The lowest BCUT2D eigenvalue weighted by Gasteiger charge is -2.26. The van der Waals surface area contributed by atoms with Crippen LogP contribution < -0.4 is 4.74 Å². The number of carboxylic acids is 1. The Kier molecular flexibility index (Phi) is 3.71. The Hall–Kier alpha value is -2.32. The maximum absolute atomic E-state index is 13.0.